The Hall–Kier alpha value is -4.98. The molecule has 0 aliphatic carbocycles. The summed E-state index contributed by atoms with van der Waals surface area (Å²) in [5, 5.41) is 5.72. The largest absolute Gasteiger partial charge is 0.438 e. The topological polar surface area (TPSA) is 87.7 Å². The van der Waals surface area contributed by atoms with E-state index in [2.05, 4.69) is 10.6 Å². The second-order valence-corrected chi connectivity index (χ2v) is 9.19. The number of nitrogens with zero attached hydrogens (tertiary/aromatic N) is 1. The van der Waals surface area contributed by atoms with E-state index >= 15 is 0 Å². The van der Waals surface area contributed by atoms with Crippen molar-refractivity contribution in [2.45, 2.75) is 25.1 Å². The zero-order valence-corrected chi connectivity index (χ0v) is 20.9. The fourth-order valence-electron chi connectivity index (χ4n) is 4.48. The van der Waals surface area contributed by atoms with Crippen molar-refractivity contribution < 1.29 is 23.5 Å². The smallest absolute Gasteiger partial charge is 0.411 e. The van der Waals surface area contributed by atoms with E-state index in [0.717, 1.165) is 5.56 Å². The maximum atomic E-state index is 13.5. The molecule has 1 fully saturated rings. The average Bonchev–Trinajstić information content (AvgIpc) is 3.27. The number of carbonyl (C=O) groups is 3. The molecule has 0 unspecified atom stereocenters. The summed E-state index contributed by atoms with van der Waals surface area (Å²) in [5.74, 6) is -0.971. The van der Waals surface area contributed by atoms with Gasteiger partial charge in [0.1, 0.15) is 5.82 Å². The maximum absolute atomic E-state index is 13.5. The van der Waals surface area contributed by atoms with E-state index in [1.807, 2.05) is 36.4 Å². The van der Waals surface area contributed by atoms with E-state index in [-0.39, 0.29) is 18.9 Å². The third-order valence-corrected chi connectivity index (χ3v) is 6.39. The molecule has 1 aliphatic rings. The van der Waals surface area contributed by atoms with Crippen molar-refractivity contribution in [3.05, 3.63) is 132 Å². The van der Waals surface area contributed by atoms with Gasteiger partial charge in [0.05, 0.1) is 13.0 Å². The molecule has 1 aliphatic heterocycles. The number of amides is 3. The molecule has 0 aromatic heterocycles. The van der Waals surface area contributed by atoms with E-state index in [4.69, 9.17) is 4.74 Å². The molecule has 1 saturated heterocycles. The van der Waals surface area contributed by atoms with Crippen LogP contribution in [0.25, 0.3) is 0 Å². The lowest BCUT2D eigenvalue weighted by Crippen LogP contribution is -2.43. The molecule has 2 N–H and O–H groups in total. The Balaban J connectivity index is 1.35. The zero-order valence-electron chi connectivity index (χ0n) is 20.9. The molecule has 0 radical (unpaired) electrons. The lowest BCUT2D eigenvalue weighted by molar-refractivity contribution is -0.121. The summed E-state index contributed by atoms with van der Waals surface area (Å²) < 4.78 is 19.1. The summed E-state index contributed by atoms with van der Waals surface area (Å²) in [5.41, 5.74) is 3.32. The Morgan fingerprint density at radius 3 is 2.03 bits per heavy atom. The number of para-hydroxylation sites is 1. The quantitative estimate of drug-likeness (QED) is 0.310. The first kappa shape index (κ1) is 25.7. The van der Waals surface area contributed by atoms with Gasteiger partial charge < -0.3 is 15.4 Å². The van der Waals surface area contributed by atoms with Crippen LogP contribution in [0, 0.1) is 5.82 Å². The van der Waals surface area contributed by atoms with Gasteiger partial charge in [0.25, 0.3) is 5.91 Å². The minimum absolute atomic E-state index is 0.0656. The predicted octanol–water partition coefficient (Wildman–Crippen LogP) is 5.71. The highest BCUT2D eigenvalue weighted by molar-refractivity contribution is 5.98. The molecular weight excluding hydrogens is 497 g/mol. The van der Waals surface area contributed by atoms with E-state index in [1.165, 1.54) is 17.0 Å². The van der Waals surface area contributed by atoms with Crippen LogP contribution in [0.1, 0.15) is 22.8 Å². The first-order chi connectivity index (χ1) is 19.0. The molecule has 3 amide bonds. The van der Waals surface area contributed by atoms with Gasteiger partial charge in [-0.3, -0.25) is 14.5 Å². The molecule has 2 atom stereocenters. The number of anilines is 2. The fraction of sp³-hybridized carbons (Fsp3) is 0.129. The van der Waals surface area contributed by atoms with Crippen LogP contribution in [0.4, 0.5) is 20.6 Å². The van der Waals surface area contributed by atoms with E-state index in [0.29, 0.717) is 22.5 Å². The Morgan fingerprint density at radius 1 is 0.744 bits per heavy atom. The van der Waals surface area contributed by atoms with Gasteiger partial charge in [-0.25, -0.2) is 9.18 Å². The van der Waals surface area contributed by atoms with Crippen LogP contribution in [0.2, 0.25) is 0 Å². The van der Waals surface area contributed by atoms with Crippen molar-refractivity contribution in [2.75, 3.05) is 10.6 Å². The van der Waals surface area contributed by atoms with Crippen molar-refractivity contribution in [1.29, 1.82) is 0 Å². The maximum Gasteiger partial charge on any atom is 0.411 e. The van der Waals surface area contributed by atoms with Crippen LogP contribution in [-0.4, -0.2) is 28.8 Å². The van der Waals surface area contributed by atoms with Gasteiger partial charge in [0.2, 0.25) is 5.91 Å². The van der Waals surface area contributed by atoms with Crippen LogP contribution in [-0.2, 0) is 27.3 Å². The monoisotopic (exact) mass is 523 g/mol. The molecule has 1 heterocycles. The Labute approximate surface area is 225 Å². The highest BCUT2D eigenvalue weighted by Crippen LogP contribution is 2.35. The molecule has 5 rings (SSSR count). The van der Waals surface area contributed by atoms with Crippen LogP contribution in [0.3, 0.4) is 0 Å². The van der Waals surface area contributed by atoms with Crippen molar-refractivity contribution in [3.8, 4) is 0 Å². The highest BCUT2D eigenvalue weighted by Gasteiger charge is 2.47. The second kappa shape index (κ2) is 11.6. The van der Waals surface area contributed by atoms with Gasteiger partial charge in [-0.15, -0.1) is 0 Å². The lowest BCUT2D eigenvalue weighted by atomic mass is 10.00. The van der Waals surface area contributed by atoms with Crippen molar-refractivity contribution in [2.24, 2.45) is 0 Å². The summed E-state index contributed by atoms with van der Waals surface area (Å²) in [6, 6.07) is 30.0. The molecule has 39 heavy (non-hydrogen) atoms. The number of hydrogen-bond donors (Lipinski definition) is 2. The molecule has 8 heteroatoms. The third-order valence-electron chi connectivity index (χ3n) is 6.39. The van der Waals surface area contributed by atoms with Crippen LogP contribution in [0.5, 0.6) is 0 Å². The van der Waals surface area contributed by atoms with Gasteiger partial charge in [0, 0.05) is 11.4 Å². The molecule has 0 spiro atoms. The van der Waals surface area contributed by atoms with Crippen LogP contribution >= 0.6 is 0 Å². The van der Waals surface area contributed by atoms with Gasteiger partial charge in [0.15, 0.2) is 12.1 Å². The highest BCUT2D eigenvalue weighted by atomic mass is 19.1. The first-order valence-electron chi connectivity index (χ1n) is 12.5. The fourth-order valence-corrected chi connectivity index (χ4v) is 4.48. The van der Waals surface area contributed by atoms with Gasteiger partial charge in [-0.2, -0.15) is 0 Å². The zero-order chi connectivity index (χ0) is 27.2. The van der Waals surface area contributed by atoms with Gasteiger partial charge in [-0.05, 0) is 53.1 Å². The first-order valence-corrected chi connectivity index (χ1v) is 12.5. The second-order valence-electron chi connectivity index (χ2n) is 9.19. The number of halogens is 1. The lowest BCUT2D eigenvalue weighted by Gasteiger charge is -2.24. The molecule has 4 aromatic rings. The number of rotatable bonds is 8. The number of nitrogens with one attached hydrogen (secondary N) is 2. The predicted molar refractivity (Wildman–Crippen MR) is 145 cm³/mol. The number of ether oxygens (including phenoxy) is 1. The average molecular weight is 524 g/mol. The minimum Gasteiger partial charge on any atom is -0.438 e. The number of cyclic esters (lactones) is 1. The van der Waals surface area contributed by atoms with E-state index in [9.17, 15) is 18.8 Å². The summed E-state index contributed by atoms with van der Waals surface area (Å²) in [7, 11) is 0. The number of hydrogen-bond acceptors (Lipinski definition) is 4. The summed E-state index contributed by atoms with van der Waals surface area (Å²) in [4.78, 5) is 40.3. The normalized spacial score (nSPS) is 16.4. The van der Waals surface area contributed by atoms with Gasteiger partial charge in [-0.1, -0.05) is 72.8 Å². The SMILES string of the molecule is O=C(Cc1ccccc1)Nc1ccc([C@@H]2OC(=O)N(Cc3ccc(F)cc3)[C@H]2C(=O)Nc2ccccc2)cc1. The van der Waals surface area contributed by atoms with Crippen LogP contribution < -0.4 is 10.6 Å². The number of carbonyl (C=O) groups excluding carboxylic acids is 3. The molecule has 4 aromatic carbocycles. The van der Waals surface area contributed by atoms with Crippen molar-refractivity contribution in [3.63, 3.8) is 0 Å². The molecule has 7 nitrogen and oxygen atoms in total. The Bertz CT molecular complexity index is 1450. The summed E-state index contributed by atoms with van der Waals surface area (Å²) in [6.45, 7) is 0.0656. The van der Waals surface area contributed by atoms with E-state index in [1.54, 1.807) is 60.7 Å². The number of benzene rings is 4. The van der Waals surface area contributed by atoms with Crippen molar-refractivity contribution in [1.82, 2.24) is 4.90 Å². The molecular formula is C31H26FN3O4. The standard InChI is InChI=1S/C31H26FN3O4/c32-24-15-11-22(12-16-24)20-35-28(30(37)34-25-9-5-2-6-10-25)29(39-31(35)38)23-13-17-26(18-14-23)33-27(36)19-21-7-3-1-4-8-21/h1-18,28-29H,19-20H2,(H,33,36)(H,34,37)/t28-,29+/m1/s1. The van der Waals surface area contributed by atoms with Crippen LogP contribution in [0.15, 0.2) is 109 Å². The Kier molecular flexibility index (Phi) is 7.63. The molecule has 0 bridgehead atoms. The third kappa shape index (κ3) is 6.30. The Morgan fingerprint density at radius 2 is 1.36 bits per heavy atom. The van der Waals surface area contributed by atoms with Gasteiger partial charge >= 0.3 is 6.09 Å². The van der Waals surface area contributed by atoms with E-state index < -0.39 is 30.0 Å². The summed E-state index contributed by atoms with van der Waals surface area (Å²) >= 11 is 0. The summed E-state index contributed by atoms with van der Waals surface area (Å²) in [6.07, 6.45) is -1.31. The molecule has 196 valence electrons. The molecule has 0 saturated carbocycles. The minimum atomic E-state index is -0.985. The van der Waals surface area contributed by atoms with Crippen molar-refractivity contribution >= 4 is 29.3 Å².